The molecule has 0 spiro atoms. The normalized spacial score (nSPS) is 12.8. The molecule has 0 radical (unpaired) electrons. The van der Waals surface area contributed by atoms with Gasteiger partial charge in [0.15, 0.2) is 0 Å². The predicted molar refractivity (Wildman–Crippen MR) is 74.7 cm³/mol. The third-order valence-corrected chi connectivity index (χ3v) is 3.18. The van der Waals surface area contributed by atoms with E-state index in [1.807, 2.05) is 19.3 Å². The molecule has 104 valence electrons. The molecule has 4 heteroatoms. The zero-order valence-electron chi connectivity index (χ0n) is 12.0. The summed E-state index contributed by atoms with van der Waals surface area (Å²) in [6.07, 6.45) is 8.37. The van der Waals surface area contributed by atoms with E-state index in [9.17, 15) is 0 Å². The van der Waals surface area contributed by atoms with Crippen LogP contribution in [0.25, 0.3) is 0 Å². The van der Waals surface area contributed by atoms with E-state index >= 15 is 0 Å². The summed E-state index contributed by atoms with van der Waals surface area (Å²) in [5.74, 6) is 1.17. The maximum absolute atomic E-state index is 5.39. The molecule has 0 aliphatic rings. The Morgan fingerprint density at radius 2 is 2.22 bits per heavy atom. The predicted octanol–water partition coefficient (Wildman–Crippen LogP) is 2.15. The first-order chi connectivity index (χ1) is 8.77. The standard InChI is InChI=1S/C14H27N3O/c1-4-15-13(7-6-12-18-5-2)8-9-14-16-10-11-17(14)3/h10-11,13,15H,4-9,12H2,1-3H3. The number of hydrogen-bond donors (Lipinski definition) is 1. The number of imidazole rings is 1. The largest absolute Gasteiger partial charge is 0.382 e. The molecule has 0 saturated heterocycles. The molecule has 1 unspecified atom stereocenters. The van der Waals surface area contributed by atoms with Crippen LogP contribution >= 0.6 is 0 Å². The molecule has 0 aliphatic heterocycles. The van der Waals surface area contributed by atoms with Crippen LogP contribution in [0, 0.1) is 0 Å². The molecule has 0 saturated carbocycles. The molecule has 1 atom stereocenters. The molecule has 0 aromatic carbocycles. The smallest absolute Gasteiger partial charge is 0.108 e. The summed E-state index contributed by atoms with van der Waals surface area (Å²) in [5.41, 5.74) is 0. The van der Waals surface area contributed by atoms with Crippen molar-refractivity contribution in [1.29, 1.82) is 0 Å². The second kappa shape index (κ2) is 9.11. The average molecular weight is 253 g/mol. The zero-order valence-corrected chi connectivity index (χ0v) is 12.0. The highest BCUT2D eigenvalue weighted by Crippen LogP contribution is 2.07. The van der Waals surface area contributed by atoms with Crippen LogP contribution in [0.1, 0.15) is 38.9 Å². The Bertz CT molecular complexity index is 312. The van der Waals surface area contributed by atoms with Gasteiger partial charge in [0.2, 0.25) is 0 Å². The van der Waals surface area contributed by atoms with Crippen LogP contribution in [0.2, 0.25) is 0 Å². The van der Waals surface area contributed by atoms with Gasteiger partial charge in [-0.3, -0.25) is 0 Å². The molecule has 4 nitrogen and oxygen atoms in total. The van der Waals surface area contributed by atoms with Crippen LogP contribution in [0.3, 0.4) is 0 Å². The molecule has 1 aromatic rings. The fourth-order valence-electron chi connectivity index (χ4n) is 2.15. The number of hydrogen-bond acceptors (Lipinski definition) is 3. The van der Waals surface area contributed by atoms with Gasteiger partial charge in [-0.15, -0.1) is 0 Å². The lowest BCUT2D eigenvalue weighted by molar-refractivity contribution is 0.140. The van der Waals surface area contributed by atoms with Gasteiger partial charge >= 0.3 is 0 Å². The van der Waals surface area contributed by atoms with Gasteiger partial charge in [-0.25, -0.2) is 4.98 Å². The van der Waals surface area contributed by atoms with Crippen molar-refractivity contribution in [3.63, 3.8) is 0 Å². The Morgan fingerprint density at radius 3 is 2.83 bits per heavy atom. The second-order valence-electron chi connectivity index (χ2n) is 4.59. The molecule has 1 aromatic heterocycles. The second-order valence-corrected chi connectivity index (χ2v) is 4.59. The Balaban J connectivity index is 2.26. The number of nitrogens with one attached hydrogen (secondary N) is 1. The minimum absolute atomic E-state index is 0.576. The molecule has 0 bridgehead atoms. The van der Waals surface area contributed by atoms with E-state index in [0.717, 1.165) is 39.0 Å². The first-order valence-electron chi connectivity index (χ1n) is 7.05. The monoisotopic (exact) mass is 253 g/mol. The van der Waals surface area contributed by atoms with Gasteiger partial charge in [-0.05, 0) is 32.7 Å². The summed E-state index contributed by atoms with van der Waals surface area (Å²) in [4.78, 5) is 4.37. The lowest BCUT2D eigenvalue weighted by atomic mass is 10.1. The highest BCUT2D eigenvalue weighted by atomic mass is 16.5. The van der Waals surface area contributed by atoms with Gasteiger partial charge in [-0.1, -0.05) is 6.92 Å². The fraction of sp³-hybridized carbons (Fsp3) is 0.786. The summed E-state index contributed by atoms with van der Waals surface area (Å²) in [5, 5.41) is 3.55. The molecule has 1 rings (SSSR count). The first kappa shape index (κ1) is 15.2. The summed E-state index contributed by atoms with van der Waals surface area (Å²) in [6.45, 7) is 6.93. The van der Waals surface area contributed by atoms with Crippen molar-refractivity contribution < 1.29 is 4.74 Å². The molecular weight excluding hydrogens is 226 g/mol. The molecule has 0 aliphatic carbocycles. The van der Waals surface area contributed by atoms with Crippen LogP contribution < -0.4 is 5.32 Å². The van der Waals surface area contributed by atoms with Crippen molar-refractivity contribution in [2.45, 2.75) is 45.6 Å². The van der Waals surface area contributed by atoms with Gasteiger partial charge in [0.1, 0.15) is 5.82 Å². The van der Waals surface area contributed by atoms with E-state index in [1.165, 1.54) is 12.2 Å². The van der Waals surface area contributed by atoms with E-state index in [-0.39, 0.29) is 0 Å². The summed E-state index contributed by atoms with van der Waals surface area (Å²) < 4.78 is 7.49. The van der Waals surface area contributed by atoms with Crippen molar-refractivity contribution in [3.8, 4) is 0 Å². The maximum Gasteiger partial charge on any atom is 0.108 e. The van der Waals surface area contributed by atoms with Crippen LogP contribution in [0.5, 0.6) is 0 Å². The van der Waals surface area contributed by atoms with Crippen molar-refractivity contribution in [1.82, 2.24) is 14.9 Å². The van der Waals surface area contributed by atoms with Crippen LogP contribution in [0.4, 0.5) is 0 Å². The van der Waals surface area contributed by atoms with Gasteiger partial charge in [0.25, 0.3) is 0 Å². The van der Waals surface area contributed by atoms with Gasteiger partial charge in [-0.2, -0.15) is 0 Å². The van der Waals surface area contributed by atoms with E-state index in [2.05, 4.69) is 28.8 Å². The number of ether oxygens (including phenoxy) is 1. The number of aromatic nitrogens is 2. The molecule has 0 fully saturated rings. The highest BCUT2D eigenvalue weighted by molar-refractivity contribution is 4.92. The van der Waals surface area contributed by atoms with Crippen molar-refractivity contribution in [2.24, 2.45) is 7.05 Å². The Labute approximate surface area is 111 Å². The fourth-order valence-corrected chi connectivity index (χ4v) is 2.15. The molecule has 1 N–H and O–H groups in total. The minimum Gasteiger partial charge on any atom is -0.382 e. The Kier molecular flexibility index (Phi) is 7.69. The van der Waals surface area contributed by atoms with Crippen LogP contribution in [-0.4, -0.2) is 35.4 Å². The lowest BCUT2D eigenvalue weighted by Gasteiger charge is -2.17. The van der Waals surface area contributed by atoms with E-state index < -0.39 is 0 Å². The summed E-state index contributed by atoms with van der Waals surface area (Å²) in [6, 6.07) is 0.576. The topological polar surface area (TPSA) is 39.1 Å². The molecule has 18 heavy (non-hydrogen) atoms. The molecule has 0 amide bonds. The quantitative estimate of drug-likeness (QED) is 0.649. The Morgan fingerprint density at radius 1 is 1.39 bits per heavy atom. The summed E-state index contributed by atoms with van der Waals surface area (Å²) in [7, 11) is 2.06. The molecular formula is C14H27N3O. The molecule has 1 heterocycles. The number of rotatable bonds is 10. The first-order valence-corrected chi connectivity index (χ1v) is 7.05. The maximum atomic E-state index is 5.39. The minimum atomic E-state index is 0.576. The third-order valence-electron chi connectivity index (χ3n) is 3.18. The lowest BCUT2D eigenvalue weighted by Crippen LogP contribution is -2.30. The van der Waals surface area contributed by atoms with E-state index in [0.29, 0.717) is 6.04 Å². The van der Waals surface area contributed by atoms with Crippen molar-refractivity contribution >= 4 is 0 Å². The van der Waals surface area contributed by atoms with Crippen molar-refractivity contribution in [2.75, 3.05) is 19.8 Å². The average Bonchev–Trinajstić information content (AvgIpc) is 2.77. The van der Waals surface area contributed by atoms with Crippen LogP contribution in [0.15, 0.2) is 12.4 Å². The Hall–Kier alpha value is -0.870. The van der Waals surface area contributed by atoms with E-state index in [1.54, 1.807) is 0 Å². The van der Waals surface area contributed by atoms with Crippen molar-refractivity contribution in [3.05, 3.63) is 18.2 Å². The highest BCUT2D eigenvalue weighted by Gasteiger charge is 2.09. The zero-order chi connectivity index (χ0) is 13.2. The third kappa shape index (κ3) is 5.65. The summed E-state index contributed by atoms with van der Waals surface area (Å²) >= 11 is 0. The number of aryl methyl sites for hydroxylation is 2. The van der Waals surface area contributed by atoms with Gasteiger partial charge < -0.3 is 14.6 Å². The van der Waals surface area contributed by atoms with E-state index in [4.69, 9.17) is 4.74 Å². The van der Waals surface area contributed by atoms with Crippen LogP contribution in [-0.2, 0) is 18.2 Å². The number of nitrogens with zero attached hydrogens (tertiary/aromatic N) is 2. The SMILES string of the molecule is CCNC(CCCOCC)CCc1nccn1C. The van der Waals surface area contributed by atoms with Gasteiger partial charge in [0, 0.05) is 45.1 Å². The van der Waals surface area contributed by atoms with Gasteiger partial charge in [0.05, 0.1) is 0 Å².